The molecule has 4 heteroatoms. The third-order valence-corrected chi connectivity index (χ3v) is 1.88. The summed E-state index contributed by atoms with van der Waals surface area (Å²) in [7, 11) is 1.55. The zero-order valence-corrected chi connectivity index (χ0v) is 8.43. The summed E-state index contributed by atoms with van der Waals surface area (Å²) >= 11 is 0. The normalized spacial score (nSPS) is 12.5. The Hall–Kier alpha value is -1.13. The Kier molecular flexibility index (Phi) is 4.35. The second-order valence-electron chi connectivity index (χ2n) is 2.79. The van der Waals surface area contributed by atoms with E-state index in [1.54, 1.807) is 25.6 Å². The van der Waals surface area contributed by atoms with Crippen LogP contribution in [0.4, 0.5) is 0 Å². The third-order valence-electron chi connectivity index (χ3n) is 1.88. The summed E-state index contributed by atoms with van der Waals surface area (Å²) in [5.41, 5.74) is 0.705. The highest BCUT2D eigenvalue weighted by atomic mass is 16.5. The van der Waals surface area contributed by atoms with Crippen molar-refractivity contribution in [2.75, 3.05) is 20.3 Å². The van der Waals surface area contributed by atoms with Crippen LogP contribution in [0.5, 0.6) is 5.75 Å². The molecule has 0 aliphatic heterocycles. The Morgan fingerprint density at radius 2 is 2.36 bits per heavy atom. The SMILES string of the molecule is CCOCC(O)c1ccncc1OC. The predicted octanol–water partition coefficient (Wildman–Crippen LogP) is 1.16. The van der Waals surface area contributed by atoms with E-state index in [0.717, 1.165) is 0 Å². The zero-order chi connectivity index (χ0) is 10.4. The molecule has 14 heavy (non-hydrogen) atoms. The first-order valence-corrected chi connectivity index (χ1v) is 4.53. The maximum atomic E-state index is 9.73. The highest BCUT2D eigenvalue weighted by Crippen LogP contribution is 2.23. The van der Waals surface area contributed by atoms with Crippen molar-refractivity contribution in [3.63, 3.8) is 0 Å². The minimum Gasteiger partial charge on any atom is -0.495 e. The van der Waals surface area contributed by atoms with Gasteiger partial charge in [0.25, 0.3) is 0 Å². The summed E-state index contributed by atoms with van der Waals surface area (Å²) in [5, 5.41) is 9.73. The maximum absolute atomic E-state index is 9.73. The van der Waals surface area contributed by atoms with Crippen LogP contribution in [-0.2, 0) is 4.74 Å². The van der Waals surface area contributed by atoms with Crippen LogP contribution in [0.25, 0.3) is 0 Å². The van der Waals surface area contributed by atoms with E-state index in [2.05, 4.69) is 4.98 Å². The van der Waals surface area contributed by atoms with Gasteiger partial charge in [0.15, 0.2) is 0 Å². The molecular weight excluding hydrogens is 182 g/mol. The van der Waals surface area contributed by atoms with Crippen molar-refractivity contribution in [2.45, 2.75) is 13.0 Å². The van der Waals surface area contributed by atoms with Gasteiger partial charge in [-0.15, -0.1) is 0 Å². The van der Waals surface area contributed by atoms with Crippen LogP contribution in [0.1, 0.15) is 18.6 Å². The van der Waals surface area contributed by atoms with Crippen LogP contribution in [0.15, 0.2) is 18.5 Å². The Morgan fingerprint density at radius 1 is 1.57 bits per heavy atom. The molecule has 0 fully saturated rings. The van der Waals surface area contributed by atoms with Crippen molar-refractivity contribution < 1.29 is 14.6 Å². The van der Waals surface area contributed by atoms with Gasteiger partial charge in [-0.05, 0) is 13.0 Å². The molecule has 1 N–H and O–H groups in total. The van der Waals surface area contributed by atoms with E-state index in [-0.39, 0.29) is 6.61 Å². The largest absolute Gasteiger partial charge is 0.495 e. The standard InChI is InChI=1S/C10H15NO3/c1-3-14-7-9(12)8-4-5-11-6-10(8)13-2/h4-6,9,12H,3,7H2,1-2H3. The van der Waals surface area contributed by atoms with Gasteiger partial charge in [0, 0.05) is 18.4 Å². The molecular formula is C10H15NO3. The van der Waals surface area contributed by atoms with Gasteiger partial charge in [-0.25, -0.2) is 0 Å². The molecule has 4 nitrogen and oxygen atoms in total. The minimum absolute atomic E-state index is 0.275. The van der Waals surface area contributed by atoms with Crippen molar-refractivity contribution in [1.82, 2.24) is 4.98 Å². The Morgan fingerprint density at radius 3 is 3.00 bits per heavy atom. The van der Waals surface area contributed by atoms with Gasteiger partial charge in [0.2, 0.25) is 0 Å². The molecule has 0 aliphatic carbocycles. The van der Waals surface area contributed by atoms with Crippen LogP contribution in [0.2, 0.25) is 0 Å². The topological polar surface area (TPSA) is 51.6 Å². The predicted molar refractivity (Wildman–Crippen MR) is 52.2 cm³/mol. The zero-order valence-electron chi connectivity index (χ0n) is 8.43. The van der Waals surface area contributed by atoms with Crippen molar-refractivity contribution >= 4 is 0 Å². The van der Waals surface area contributed by atoms with Crippen molar-refractivity contribution in [3.05, 3.63) is 24.0 Å². The number of aliphatic hydroxyl groups excluding tert-OH is 1. The van der Waals surface area contributed by atoms with Gasteiger partial charge in [-0.3, -0.25) is 4.98 Å². The molecule has 1 atom stereocenters. The number of ether oxygens (including phenoxy) is 2. The third kappa shape index (κ3) is 2.68. The lowest BCUT2D eigenvalue weighted by Crippen LogP contribution is -2.08. The van der Waals surface area contributed by atoms with E-state index >= 15 is 0 Å². The van der Waals surface area contributed by atoms with Crippen LogP contribution < -0.4 is 4.74 Å². The molecule has 0 radical (unpaired) electrons. The Labute approximate surface area is 83.5 Å². The first-order valence-electron chi connectivity index (χ1n) is 4.53. The second-order valence-corrected chi connectivity index (χ2v) is 2.79. The number of pyridine rings is 1. The molecule has 0 saturated carbocycles. The fourth-order valence-corrected chi connectivity index (χ4v) is 1.16. The Bertz CT molecular complexity index is 278. The van der Waals surface area contributed by atoms with Crippen LogP contribution >= 0.6 is 0 Å². The summed E-state index contributed by atoms with van der Waals surface area (Å²) in [6.07, 6.45) is 2.53. The van der Waals surface area contributed by atoms with Crippen LogP contribution in [0, 0.1) is 0 Å². The number of nitrogens with zero attached hydrogens (tertiary/aromatic N) is 1. The van der Waals surface area contributed by atoms with E-state index in [1.165, 1.54) is 0 Å². The monoisotopic (exact) mass is 197 g/mol. The summed E-state index contributed by atoms with van der Waals surface area (Å²) in [6, 6.07) is 1.72. The fourth-order valence-electron chi connectivity index (χ4n) is 1.16. The average Bonchev–Trinajstić information content (AvgIpc) is 2.25. The van der Waals surface area contributed by atoms with Gasteiger partial charge < -0.3 is 14.6 Å². The fraction of sp³-hybridized carbons (Fsp3) is 0.500. The lowest BCUT2D eigenvalue weighted by Gasteiger charge is -2.13. The second kappa shape index (κ2) is 5.57. The van der Waals surface area contributed by atoms with Gasteiger partial charge in [0.05, 0.1) is 19.9 Å². The number of aliphatic hydroxyl groups is 1. The molecule has 0 bridgehead atoms. The van der Waals surface area contributed by atoms with Crippen LogP contribution in [-0.4, -0.2) is 30.4 Å². The van der Waals surface area contributed by atoms with Crippen molar-refractivity contribution in [1.29, 1.82) is 0 Å². The summed E-state index contributed by atoms with van der Waals surface area (Å²) in [6.45, 7) is 2.75. The molecule has 78 valence electrons. The molecule has 0 aromatic carbocycles. The molecule has 0 aliphatic rings. The van der Waals surface area contributed by atoms with Gasteiger partial charge >= 0.3 is 0 Å². The summed E-state index contributed by atoms with van der Waals surface area (Å²) in [4.78, 5) is 3.90. The number of methoxy groups -OCH3 is 1. The lowest BCUT2D eigenvalue weighted by molar-refractivity contribution is 0.0407. The van der Waals surface area contributed by atoms with E-state index in [1.807, 2.05) is 6.92 Å². The highest BCUT2D eigenvalue weighted by Gasteiger charge is 2.12. The summed E-state index contributed by atoms with van der Waals surface area (Å²) in [5.74, 6) is 0.583. The van der Waals surface area contributed by atoms with Gasteiger partial charge in [-0.2, -0.15) is 0 Å². The first-order chi connectivity index (χ1) is 6.79. The molecule has 1 rings (SSSR count). The minimum atomic E-state index is -0.659. The molecule has 0 amide bonds. The van der Waals surface area contributed by atoms with E-state index in [4.69, 9.17) is 9.47 Å². The molecule has 1 unspecified atom stereocenters. The van der Waals surface area contributed by atoms with Gasteiger partial charge in [-0.1, -0.05) is 0 Å². The average molecular weight is 197 g/mol. The van der Waals surface area contributed by atoms with Crippen LogP contribution in [0.3, 0.4) is 0 Å². The lowest BCUT2D eigenvalue weighted by atomic mass is 10.1. The number of aromatic nitrogens is 1. The van der Waals surface area contributed by atoms with E-state index in [9.17, 15) is 5.11 Å². The smallest absolute Gasteiger partial charge is 0.143 e. The van der Waals surface area contributed by atoms with E-state index < -0.39 is 6.10 Å². The Balaban J connectivity index is 2.72. The first kappa shape index (κ1) is 10.9. The van der Waals surface area contributed by atoms with Crippen molar-refractivity contribution in [2.24, 2.45) is 0 Å². The number of hydrogen-bond acceptors (Lipinski definition) is 4. The van der Waals surface area contributed by atoms with Gasteiger partial charge in [0.1, 0.15) is 11.9 Å². The molecule has 1 aromatic rings. The number of hydrogen-bond donors (Lipinski definition) is 1. The van der Waals surface area contributed by atoms with E-state index in [0.29, 0.717) is 17.9 Å². The van der Waals surface area contributed by atoms with Crippen molar-refractivity contribution in [3.8, 4) is 5.75 Å². The highest BCUT2D eigenvalue weighted by molar-refractivity contribution is 5.31. The molecule has 1 heterocycles. The maximum Gasteiger partial charge on any atom is 0.143 e. The number of rotatable bonds is 5. The quantitative estimate of drug-likeness (QED) is 0.769. The molecule has 0 spiro atoms. The molecule has 0 saturated heterocycles. The summed E-state index contributed by atoms with van der Waals surface area (Å²) < 4.78 is 10.2. The molecule has 1 aromatic heterocycles.